The maximum Gasteiger partial charge on any atom is 0.124 e. The van der Waals surface area contributed by atoms with Crippen LogP contribution in [0.5, 0.6) is 5.75 Å². The van der Waals surface area contributed by atoms with E-state index in [0.717, 1.165) is 12.4 Å². The van der Waals surface area contributed by atoms with Crippen LogP contribution in [0.3, 0.4) is 0 Å². The molecule has 2 aliphatic rings. The number of fused-ring (bicyclic) bond motifs is 2. The van der Waals surface area contributed by atoms with Crippen LogP contribution >= 0.6 is 0 Å². The normalized spacial score (nSPS) is 36.4. The number of para-hydroxylation sites is 1. The lowest BCUT2D eigenvalue weighted by molar-refractivity contribution is -0.0941. The third kappa shape index (κ3) is 2.07. The number of hydrogen-bond donors (Lipinski definition) is 0. The van der Waals surface area contributed by atoms with Gasteiger partial charge in [-0.1, -0.05) is 43.7 Å². The summed E-state index contributed by atoms with van der Waals surface area (Å²) in [5.74, 6) is 3.35. The molecule has 1 fully saturated rings. The van der Waals surface area contributed by atoms with Crippen LogP contribution in [-0.4, -0.2) is 13.7 Å². The summed E-state index contributed by atoms with van der Waals surface area (Å²) in [6.07, 6.45) is 2.57. The average molecular weight is 272 g/mol. The highest BCUT2D eigenvalue weighted by Crippen LogP contribution is 2.50. The van der Waals surface area contributed by atoms with E-state index in [1.54, 1.807) is 7.11 Å². The van der Waals surface area contributed by atoms with Crippen molar-refractivity contribution in [3.8, 4) is 5.75 Å². The van der Waals surface area contributed by atoms with Crippen molar-refractivity contribution in [3.63, 3.8) is 0 Å². The lowest BCUT2D eigenvalue weighted by Crippen LogP contribution is -2.42. The van der Waals surface area contributed by atoms with Gasteiger partial charge in [-0.2, -0.15) is 0 Å². The number of ether oxygens (including phenoxy) is 2. The van der Waals surface area contributed by atoms with E-state index in [0.29, 0.717) is 23.7 Å². The van der Waals surface area contributed by atoms with Gasteiger partial charge >= 0.3 is 0 Å². The Bertz CT molecular complexity index is 520. The third-order valence-electron chi connectivity index (χ3n) is 5.21. The quantitative estimate of drug-likeness (QED) is 0.750. The first-order valence-electron chi connectivity index (χ1n) is 7.56. The molecule has 0 unspecified atom stereocenters. The lowest BCUT2D eigenvalue weighted by Gasteiger charge is -2.47. The highest BCUT2D eigenvalue weighted by molar-refractivity contribution is 5.37. The molecule has 1 heterocycles. The molecule has 1 aliphatic carbocycles. The number of rotatable bonds is 2. The Morgan fingerprint density at radius 2 is 1.95 bits per heavy atom. The van der Waals surface area contributed by atoms with Crippen LogP contribution in [0.25, 0.3) is 0 Å². The van der Waals surface area contributed by atoms with Crippen molar-refractivity contribution < 1.29 is 9.47 Å². The van der Waals surface area contributed by atoms with Gasteiger partial charge in [-0.15, -0.1) is 0 Å². The van der Waals surface area contributed by atoms with Crippen molar-refractivity contribution in [1.82, 2.24) is 0 Å². The minimum absolute atomic E-state index is 0.126. The van der Waals surface area contributed by atoms with Crippen molar-refractivity contribution in [1.29, 1.82) is 0 Å². The van der Waals surface area contributed by atoms with Crippen LogP contribution < -0.4 is 4.74 Å². The minimum Gasteiger partial charge on any atom is -0.496 e. The molecule has 1 aliphatic heterocycles. The summed E-state index contributed by atoms with van der Waals surface area (Å²) in [4.78, 5) is 0. The molecule has 0 amide bonds. The zero-order valence-electron chi connectivity index (χ0n) is 12.8. The fourth-order valence-corrected chi connectivity index (χ4v) is 4.13. The number of allylic oxidation sites excluding steroid dienone is 1. The predicted octanol–water partition coefficient (Wildman–Crippen LogP) is 4.23. The van der Waals surface area contributed by atoms with Crippen LogP contribution in [0.1, 0.15) is 32.4 Å². The second-order valence-electron chi connectivity index (χ2n) is 6.31. The molecule has 2 heteroatoms. The fourth-order valence-electron chi connectivity index (χ4n) is 4.13. The van der Waals surface area contributed by atoms with Gasteiger partial charge in [0.05, 0.1) is 19.8 Å². The minimum atomic E-state index is 0.126. The second-order valence-corrected chi connectivity index (χ2v) is 6.31. The van der Waals surface area contributed by atoms with Crippen molar-refractivity contribution in [2.24, 2.45) is 23.7 Å². The molecule has 5 atom stereocenters. The van der Waals surface area contributed by atoms with Crippen LogP contribution in [0, 0.1) is 23.7 Å². The maximum absolute atomic E-state index is 6.26. The largest absolute Gasteiger partial charge is 0.496 e. The van der Waals surface area contributed by atoms with Gasteiger partial charge in [0.1, 0.15) is 5.75 Å². The molecule has 3 rings (SSSR count). The molecule has 20 heavy (non-hydrogen) atoms. The van der Waals surface area contributed by atoms with Gasteiger partial charge in [0.25, 0.3) is 0 Å². The van der Waals surface area contributed by atoms with Crippen LogP contribution in [0.15, 0.2) is 35.9 Å². The Labute approximate surface area is 121 Å². The van der Waals surface area contributed by atoms with Gasteiger partial charge in [-0.3, -0.25) is 0 Å². The van der Waals surface area contributed by atoms with E-state index >= 15 is 0 Å². The zero-order valence-corrected chi connectivity index (χ0v) is 12.8. The summed E-state index contributed by atoms with van der Waals surface area (Å²) in [7, 11) is 1.74. The molecule has 0 aromatic heterocycles. The number of benzene rings is 1. The first-order valence-corrected chi connectivity index (χ1v) is 7.56. The summed E-state index contributed by atoms with van der Waals surface area (Å²) in [6.45, 7) is 7.80. The Hall–Kier alpha value is -1.28. The van der Waals surface area contributed by atoms with E-state index in [1.807, 2.05) is 12.1 Å². The molecule has 0 N–H and O–H groups in total. The fraction of sp³-hybridized carbons (Fsp3) is 0.556. The van der Waals surface area contributed by atoms with Crippen LogP contribution in [0.2, 0.25) is 0 Å². The molecule has 108 valence electrons. The van der Waals surface area contributed by atoms with E-state index in [9.17, 15) is 0 Å². The van der Waals surface area contributed by atoms with E-state index in [1.165, 1.54) is 11.1 Å². The molecular formula is C18H24O2. The smallest absolute Gasteiger partial charge is 0.124 e. The first kappa shape index (κ1) is 13.7. The summed E-state index contributed by atoms with van der Waals surface area (Å²) < 4.78 is 11.8. The second kappa shape index (κ2) is 5.25. The summed E-state index contributed by atoms with van der Waals surface area (Å²) in [6, 6.07) is 8.26. The molecule has 1 aromatic carbocycles. The molecule has 0 saturated carbocycles. The Balaban J connectivity index is 2.01. The van der Waals surface area contributed by atoms with Crippen molar-refractivity contribution >= 4 is 0 Å². The third-order valence-corrected chi connectivity index (χ3v) is 5.21. The van der Waals surface area contributed by atoms with Crippen molar-refractivity contribution in [2.45, 2.75) is 26.9 Å². The van der Waals surface area contributed by atoms with Crippen LogP contribution in [-0.2, 0) is 4.74 Å². The topological polar surface area (TPSA) is 18.5 Å². The maximum atomic E-state index is 6.26. The molecular weight excluding hydrogens is 248 g/mol. The standard InChI is InChI=1S/C18H24O2/c1-11-9-12(2)17-13(3)15(11)10-20-18(17)14-7-5-6-8-16(14)19-4/h5-9,11,13,15,17-18H,10H2,1-4H3/t11-,13-,15-,17-,18-/m0/s1. The molecule has 2 nitrogen and oxygen atoms in total. The number of methoxy groups -OCH3 is 1. The summed E-state index contributed by atoms with van der Waals surface area (Å²) in [5, 5.41) is 0. The van der Waals surface area contributed by atoms with Crippen molar-refractivity contribution in [2.75, 3.05) is 13.7 Å². The van der Waals surface area contributed by atoms with E-state index in [4.69, 9.17) is 9.47 Å². The van der Waals surface area contributed by atoms with Gasteiger partial charge in [-0.25, -0.2) is 0 Å². The van der Waals surface area contributed by atoms with Gasteiger partial charge in [0.15, 0.2) is 0 Å². The Morgan fingerprint density at radius 1 is 1.20 bits per heavy atom. The van der Waals surface area contributed by atoms with Gasteiger partial charge in [0.2, 0.25) is 0 Å². The summed E-state index contributed by atoms with van der Waals surface area (Å²) in [5.41, 5.74) is 2.66. The van der Waals surface area contributed by atoms with Crippen molar-refractivity contribution in [3.05, 3.63) is 41.5 Å². The van der Waals surface area contributed by atoms with Gasteiger partial charge < -0.3 is 9.47 Å². The lowest BCUT2D eigenvalue weighted by atomic mass is 9.64. The SMILES string of the molecule is COc1ccccc1[C@@H]1OC[C@@H]2[C@H](C)[C@@H]1C(C)=C[C@@H]2C. The van der Waals surface area contributed by atoms with Crippen LogP contribution in [0.4, 0.5) is 0 Å². The average Bonchev–Trinajstić information content (AvgIpc) is 2.44. The summed E-state index contributed by atoms with van der Waals surface area (Å²) >= 11 is 0. The Kier molecular flexibility index (Phi) is 3.59. The Morgan fingerprint density at radius 3 is 2.70 bits per heavy atom. The zero-order chi connectivity index (χ0) is 14.3. The van der Waals surface area contributed by atoms with E-state index in [2.05, 4.69) is 39.0 Å². The number of hydrogen-bond acceptors (Lipinski definition) is 2. The van der Waals surface area contributed by atoms with Gasteiger partial charge in [-0.05, 0) is 30.7 Å². The monoisotopic (exact) mass is 272 g/mol. The molecule has 0 spiro atoms. The van der Waals surface area contributed by atoms with E-state index in [-0.39, 0.29) is 6.10 Å². The molecule has 1 saturated heterocycles. The predicted molar refractivity (Wildman–Crippen MR) is 80.8 cm³/mol. The first-order chi connectivity index (χ1) is 9.63. The van der Waals surface area contributed by atoms with E-state index < -0.39 is 0 Å². The van der Waals surface area contributed by atoms with Gasteiger partial charge in [0, 0.05) is 11.5 Å². The highest BCUT2D eigenvalue weighted by Gasteiger charge is 2.44. The molecule has 1 aromatic rings. The highest BCUT2D eigenvalue weighted by atomic mass is 16.5. The molecule has 0 radical (unpaired) electrons. The molecule has 2 bridgehead atoms.